The second-order valence-corrected chi connectivity index (χ2v) is 4.22. The third-order valence-electron chi connectivity index (χ3n) is 1.90. The molecule has 0 atom stereocenters. The second-order valence-electron chi connectivity index (χ2n) is 4.22. The van der Waals surface area contributed by atoms with E-state index >= 15 is 0 Å². The Morgan fingerprint density at radius 1 is 1.57 bits per heavy atom. The van der Waals surface area contributed by atoms with Gasteiger partial charge in [-0.2, -0.15) is 5.10 Å². The zero-order valence-electron chi connectivity index (χ0n) is 9.07. The van der Waals surface area contributed by atoms with Crippen molar-refractivity contribution in [3.05, 3.63) is 18.0 Å². The van der Waals surface area contributed by atoms with Gasteiger partial charge >= 0.3 is 5.97 Å². The highest BCUT2D eigenvalue weighted by molar-refractivity contribution is 5.72. The Morgan fingerprint density at radius 3 is 2.64 bits per heavy atom. The molecule has 0 aliphatic rings. The van der Waals surface area contributed by atoms with Crippen LogP contribution >= 0.6 is 0 Å². The maximum Gasteiger partial charge on any atom is 0.310 e. The molecule has 0 aromatic carbocycles. The highest BCUT2D eigenvalue weighted by Gasteiger charge is 2.14. The first kappa shape index (κ1) is 10.8. The van der Waals surface area contributed by atoms with Gasteiger partial charge in [-0.05, 0) is 20.8 Å². The van der Waals surface area contributed by atoms with Crippen LogP contribution in [0.25, 0.3) is 0 Å². The standard InChI is InChI=1S/C10H16N2O2/c1-10(2,3)12-7-8(6-11-12)5-9(13)14-4/h6-7H,5H2,1-4H3. The van der Waals surface area contributed by atoms with Gasteiger partial charge in [-0.25, -0.2) is 0 Å². The maximum absolute atomic E-state index is 11.0. The maximum atomic E-state index is 11.0. The van der Waals surface area contributed by atoms with E-state index in [1.165, 1.54) is 7.11 Å². The largest absolute Gasteiger partial charge is 0.469 e. The normalized spacial score (nSPS) is 11.4. The molecule has 1 rings (SSSR count). The van der Waals surface area contributed by atoms with E-state index in [0.717, 1.165) is 5.56 Å². The number of aromatic nitrogens is 2. The summed E-state index contributed by atoms with van der Waals surface area (Å²) in [6.07, 6.45) is 3.85. The molecule has 14 heavy (non-hydrogen) atoms. The summed E-state index contributed by atoms with van der Waals surface area (Å²) in [5.74, 6) is -0.238. The molecule has 4 nitrogen and oxygen atoms in total. The van der Waals surface area contributed by atoms with E-state index < -0.39 is 0 Å². The van der Waals surface area contributed by atoms with Crippen molar-refractivity contribution in [2.24, 2.45) is 0 Å². The fourth-order valence-corrected chi connectivity index (χ4v) is 1.06. The van der Waals surface area contributed by atoms with Gasteiger partial charge in [-0.1, -0.05) is 0 Å². The van der Waals surface area contributed by atoms with E-state index in [2.05, 4.69) is 30.6 Å². The Morgan fingerprint density at radius 2 is 2.21 bits per heavy atom. The summed E-state index contributed by atoms with van der Waals surface area (Å²) in [7, 11) is 1.39. The van der Waals surface area contributed by atoms with E-state index in [9.17, 15) is 4.79 Å². The number of carbonyl (C=O) groups excluding carboxylic acids is 1. The summed E-state index contributed by atoms with van der Waals surface area (Å²) in [4.78, 5) is 11.0. The van der Waals surface area contributed by atoms with Crippen LogP contribution in [0, 0.1) is 0 Å². The van der Waals surface area contributed by atoms with Crippen molar-refractivity contribution < 1.29 is 9.53 Å². The van der Waals surface area contributed by atoms with Crippen LogP contribution in [0.4, 0.5) is 0 Å². The van der Waals surface area contributed by atoms with Gasteiger partial charge in [0.1, 0.15) is 0 Å². The van der Waals surface area contributed by atoms with Crippen LogP contribution in [0.1, 0.15) is 26.3 Å². The number of ether oxygens (including phenoxy) is 1. The third kappa shape index (κ3) is 2.58. The summed E-state index contributed by atoms with van der Waals surface area (Å²) in [6.45, 7) is 6.17. The topological polar surface area (TPSA) is 44.1 Å². The van der Waals surface area contributed by atoms with Crippen LogP contribution in [0.2, 0.25) is 0 Å². The van der Waals surface area contributed by atoms with Gasteiger partial charge < -0.3 is 4.74 Å². The first-order valence-electron chi connectivity index (χ1n) is 4.54. The molecule has 1 aromatic rings. The average molecular weight is 196 g/mol. The van der Waals surface area contributed by atoms with Gasteiger partial charge in [0.25, 0.3) is 0 Å². The monoisotopic (exact) mass is 196 g/mol. The Hall–Kier alpha value is -1.32. The molecule has 78 valence electrons. The second kappa shape index (κ2) is 3.82. The number of esters is 1. The molecule has 0 aliphatic carbocycles. The van der Waals surface area contributed by atoms with Gasteiger partial charge in [0.2, 0.25) is 0 Å². The van der Waals surface area contributed by atoms with Crippen LogP contribution in [0.3, 0.4) is 0 Å². The van der Waals surface area contributed by atoms with E-state index in [4.69, 9.17) is 0 Å². The zero-order chi connectivity index (χ0) is 10.8. The van der Waals surface area contributed by atoms with Crippen molar-refractivity contribution in [3.63, 3.8) is 0 Å². The minimum absolute atomic E-state index is 0.0473. The van der Waals surface area contributed by atoms with Crippen molar-refractivity contribution in [1.29, 1.82) is 0 Å². The minimum Gasteiger partial charge on any atom is -0.469 e. The predicted octanol–water partition coefficient (Wildman–Crippen LogP) is 1.35. The van der Waals surface area contributed by atoms with Crippen molar-refractivity contribution in [1.82, 2.24) is 9.78 Å². The predicted molar refractivity (Wildman–Crippen MR) is 52.9 cm³/mol. The van der Waals surface area contributed by atoms with Gasteiger partial charge in [0, 0.05) is 11.8 Å². The van der Waals surface area contributed by atoms with Crippen molar-refractivity contribution >= 4 is 5.97 Å². The molecular weight excluding hydrogens is 180 g/mol. The van der Waals surface area contributed by atoms with Crippen LogP contribution in [-0.4, -0.2) is 22.9 Å². The molecule has 0 saturated heterocycles. The Balaban J connectivity index is 2.74. The molecule has 0 fully saturated rings. The Kier molecular flexibility index (Phi) is 2.93. The van der Waals surface area contributed by atoms with Crippen LogP contribution < -0.4 is 0 Å². The highest BCUT2D eigenvalue weighted by Crippen LogP contribution is 2.13. The first-order valence-corrected chi connectivity index (χ1v) is 4.54. The van der Waals surface area contributed by atoms with Crippen molar-refractivity contribution in [3.8, 4) is 0 Å². The molecule has 0 spiro atoms. The molecule has 0 amide bonds. The third-order valence-corrected chi connectivity index (χ3v) is 1.90. The summed E-state index contributed by atoms with van der Waals surface area (Å²) in [5.41, 5.74) is 0.834. The molecule has 0 N–H and O–H groups in total. The lowest BCUT2D eigenvalue weighted by Crippen LogP contribution is -2.22. The van der Waals surface area contributed by atoms with Crippen LogP contribution in [0.15, 0.2) is 12.4 Å². The molecule has 1 aromatic heterocycles. The highest BCUT2D eigenvalue weighted by atomic mass is 16.5. The zero-order valence-corrected chi connectivity index (χ0v) is 9.07. The Bertz CT molecular complexity index is 323. The summed E-state index contributed by atoms with van der Waals surface area (Å²) < 4.78 is 6.41. The number of carbonyl (C=O) groups is 1. The molecule has 0 aliphatic heterocycles. The van der Waals surface area contributed by atoms with E-state index in [1.54, 1.807) is 6.20 Å². The van der Waals surface area contributed by atoms with Gasteiger partial charge in [0.05, 0.1) is 25.3 Å². The van der Waals surface area contributed by atoms with Gasteiger partial charge in [0.15, 0.2) is 0 Å². The van der Waals surface area contributed by atoms with E-state index in [0.29, 0.717) is 0 Å². The molecule has 1 heterocycles. The fraction of sp³-hybridized carbons (Fsp3) is 0.600. The number of hydrogen-bond donors (Lipinski definition) is 0. The van der Waals surface area contributed by atoms with Gasteiger partial charge in [-0.3, -0.25) is 9.48 Å². The van der Waals surface area contributed by atoms with Crippen molar-refractivity contribution in [2.75, 3.05) is 7.11 Å². The number of nitrogens with zero attached hydrogens (tertiary/aromatic N) is 2. The van der Waals surface area contributed by atoms with Crippen molar-refractivity contribution in [2.45, 2.75) is 32.7 Å². The van der Waals surface area contributed by atoms with E-state index in [-0.39, 0.29) is 17.9 Å². The smallest absolute Gasteiger partial charge is 0.310 e. The molecule has 0 radical (unpaired) electrons. The van der Waals surface area contributed by atoms with Crippen LogP contribution in [0.5, 0.6) is 0 Å². The lowest BCUT2D eigenvalue weighted by Gasteiger charge is -2.18. The summed E-state index contributed by atoms with van der Waals surface area (Å²) >= 11 is 0. The fourth-order valence-electron chi connectivity index (χ4n) is 1.06. The van der Waals surface area contributed by atoms with Crippen LogP contribution in [-0.2, 0) is 21.5 Å². The SMILES string of the molecule is COC(=O)Cc1cnn(C(C)(C)C)c1. The number of methoxy groups -OCH3 is 1. The molecule has 4 heteroatoms. The number of hydrogen-bond acceptors (Lipinski definition) is 3. The first-order chi connectivity index (χ1) is 6.43. The lowest BCUT2D eigenvalue weighted by molar-refractivity contribution is -0.139. The number of rotatable bonds is 2. The average Bonchev–Trinajstić information content (AvgIpc) is 2.51. The minimum atomic E-state index is -0.238. The van der Waals surface area contributed by atoms with Gasteiger partial charge in [-0.15, -0.1) is 0 Å². The molecule has 0 saturated carbocycles. The Labute approximate surface area is 83.9 Å². The van der Waals surface area contributed by atoms with E-state index in [1.807, 2.05) is 10.9 Å². The quantitative estimate of drug-likeness (QED) is 0.671. The summed E-state index contributed by atoms with van der Waals surface area (Å²) in [6, 6.07) is 0. The molecular formula is C10H16N2O2. The molecule has 0 bridgehead atoms. The lowest BCUT2D eigenvalue weighted by atomic mass is 10.1. The molecule has 0 unspecified atom stereocenters. The summed E-state index contributed by atoms with van der Waals surface area (Å²) in [5, 5.41) is 4.18.